The van der Waals surface area contributed by atoms with Crippen molar-refractivity contribution in [3.63, 3.8) is 0 Å². The normalized spacial score (nSPS) is 20.1. The predicted octanol–water partition coefficient (Wildman–Crippen LogP) is 3.08. The number of benzene rings is 1. The summed E-state index contributed by atoms with van der Waals surface area (Å²) in [7, 11) is 0. The molecule has 2 aliphatic rings. The number of piperidine rings is 2. The van der Waals surface area contributed by atoms with E-state index >= 15 is 0 Å². The Bertz CT molecular complexity index is 966. The van der Waals surface area contributed by atoms with Crippen LogP contribution in [0.3, 0.4) is 0 Å². The molecule has 10 nitrogen and oxygen atoms in total. The minimum Gasteiger partial charge on any atom is -0.486 e. The summed E-state index contributed by atoms with van der Waals surface area (Å²) >= 11 is 0. The molecule has 4 N–H and O–H groups in total. The highest BCUT2D eigenvalue weighted by Gasteiger charge is 2.38. The number of carboxylic acids is 1. The van der Waals surface area contributed by atoms with Gasteiger partial charge < -0.3 is 25.4 Å². The number of H-pyrrole nitrogens is 1. The Morgan fingerprint density at radius 2 is 1.92 bits per heavy atom. The van der Waals surface area contributed by atoms with Crippen molar-refractivity contribution in [3.8, 4) is 5.75 Å². The number of carbonyl (C=O) groups excluding carboxylic acids is 1. The summed E-state index contributed by atoms with van der Waals surface area (Å²) in [5.41, 5.74) is 0. The van der Waals surface area contributed by atoms with Gasteiger partial charge in [-0.3, -0.25) is 5.10 Å². The molecular formula is C23H31F3N6O4. The van der Waals surface area contributed by atoms with Gasteiger partial charge in [-0.25, -0.2) is 14.6 Å². The van der Waals surface area contributed by atoms with E-state index < -0.39 is 12.1 Å². The molecule has 0 radical (unpaired) electrons. The number of hydrogen-bond acceptors (Lipinski definition) is 6. The fraction of sp³-hybridized carbons (Fsp3) is 0.565. The van der Waals surface area contributed by atoms with E-state index in [2.05, 4.69) is 25.8 Å². The molecule has 13 heteroatoms. The van der Waals surface area contributed by atoms with E-state index in [9.17, 15) is 18.0 Å². The fourth-order valence-corrected chi connectivity index (χ4v) is 4.22. The molecule has 36 heavy (non-hydrogen) atoms. The zero-order valence-corrected chi connectivity index (χ0v) is 19.8. The maximum absolute atomic E-state index is 12.6. The zero-order chi connectivity index (χ0) is 26.0. The van der Waals surface area contributed by atoms with Crippen molar-refractivity contribution in [1.82, 2.24) is 30.7 Å². The van der Waals surface area contributed by atoms with Gasteiger partial charge in [0, 0.05) is 19.1 Å². The number of halogens is 3. The Morgan fingerprint density at radius 1 is 1.17 bits per heavy atom. The molecule has 0 saturated carbocycles. The van der Waals surface area contributed by atoms with Gasteiger partial charge in [-0.1, -0.05) is 24.6 Å². The number of amides is 2. The molecule has 3 heterocycles. The lowest BCUT2D eigenvalue weighted by Gasteiger charge is -2.38. The number of carboxylic acid groups (broad SMARTS) is 1. The number of nitrogens with zero attached hydrogens (tertiary/aromatic N) is 3. The van der Waals surface area contributed by atoms with Crippen LogP contribution in [0.2, 0.25) is 0 Å². The van der Waals surface area contributed by atoms with Crippen LogP contribution in [-0.2, 0) is 17.9 Å². The largest absolute Gasteiger partial charge is 0.490 e. The van der Waals surface area contributed by atoms with Crippen molar-refractivity contribution in [1.29, 1.82) is 0 Å². The van der Waals surface area contributed by atoms with E-state index in [1.807, 2.05) is 35.2 Å². The lowest BCUT2D eigenvalue weighted by Crippen LogP contribution is -2.51. The highest BCUT2D eigenvalue weighted by molar-refractivity contribution is 5.74. The topological polar surface area (TPSA) is 132 Å². The molecule has 2 saturated heterocycles. The second-order valence-corrected chi connectivity index (χ2v) is 8.67. The number of aromatic amines is 1. The number of para-hydroxylation sites is 1. The number of likely N-dealkylation sites (tertiary alicyclic amines) is 1. The van der Waals surface area contributed by atoms with Gasteiger partial charge in [-0.05, 0) is 50.3 Å². The second kappa shape index (κ2) is 13.1. The smallest absolute Gasteiger partial charge is 0.486 e. The van der Waals surface area contributed by atoms with Gasteiger partial charge in [0.25, 0.3) is 0 Å². The van der Waals surface area contributed by atoms with E-state index in [4.69, 9.17) is 14.6 Å². The van der Waals surface area contributed by atoms with Crippen LogP contribution in [0.4, 0.5) is 18.0 Å². The number of hydrogen-bond donors (Lipinski definition) is 4. The van der Waals surface area contributed by atoms with Crippen LogP contribution < -0.4 is 15.4 Å². The number of aromatic nitrogens is 3. The standard InChI is InChI=1S/C21H30N6O2.C2HF3O2/c28-21(27-12-6-7-16(14-27)18-10-4-5-11-22-18)23-13-19-24-20(26-25-19)15-29-17-8-2-1-3-9-17;3-2(4,5)1(6)7/h1-3,8-9,16,18,22H,4-7,10-15H2,(H,23,28)(H,24,25,26);(H,6,7). The van der Waals surface area contributed by atoms with Crippen LogP contribution >= 0.6 is 0 Å². The maximum atomic E-state index is 12.6. The highest BCUT2D eigenvalue weighted by Crippen LogP contribution is 2.24. The first-order chi connectivity index (χ1) is 17.2. The molecule has 2 unspecified atom stereocenters. The quantitative estimate of drug-likeness (QED) is 0.468. The molecule has 198 valence electrons. The Balaban J connectivity index is 0.000000454. The third-order valence-electron chi connectivity index (χ3n) is 6.00. The van der Waals surface area contributed by atoms with Gasteiger partial charge in [-0.15, -0.1) is 0 Å². The Hall–Kier alpha value is -3.35. The summed E-state index contributed by atoms with van der Waals surface area (Å²) in [5.74, 6) is -0.217. The van der Waals surface area contributed by atoms with E-state index in [1.165, 1.54) is 25.7 Å². The summed E-state index contributed by atoms with van der Waals surface area (Å²) in [6.07, 6.45) is 0.972. The van der Waals surface area contributed by atoms with Gasteiger partial charge in [0.15, 0.2) is 11.6 Å². The Kier molecular flexibility index (Phi) is 9.91. The molecular weight excluding hydrogens is 481 g/mol. The van der Waals surface area contributed by atoms with Crippen LogP contribution in [0.25, 0.3) is 0 Å². The molecule has 0 spiro atoms. The van der Waals surface area contributed by atoms with E-state index in [0.29, 0.717) is 36.8 Å². The van der Waals surface area contributed by atoms with Crippen molar-refractivity contribution in [2.24, 2.45) is 5.92 Å². The third kappa shape index (κ3) is 8.70. The molecule has 0 bridgehead atoms. The molecule has 2 atom stereocenters. The lowest BCUT2D eigenvalue weighted by molar-refractivity contribution is -0.192. The van der Waals surface area contributed by atoms with Crippen LogP contribution in [0.15, 0.2) is 30.3 Å². The molecule has 2 amide bonds. The van der Waals surface area contributed by atoms with Gasteiger partial charge in [0.1, 0.15) is 12.4 Å². The van der Waals surface area contributed by atoms with E-state index in [-0.39, 0.29) is 6.03 Å². The summed E-state index contributed by atoms with van der Waals surface area (Å²) < 4.78 is 37.4. The van der Waals surface area contributed by atoms with Crippen LogP contribution in [0.1, 0.15) is 43.8 Å². The summed E-state index contributed by atoms with van der Waals surface area (Å²) in [5, 5.41) is 20.8. The predicted molar refractivity (Wildman–Crippen MR) is 123 cm³/mol. The highest BCUT2D eigenvalue weighted by atomic mass is 19.4. The summed E-state index contributed by atoms with van der Waals surface area (Å²) in [4.78, 5) is 27.9. The first-order valence-electron chi connectivity index (χ1n) is 11.9. The lowest BCUT2D eigenvalue weighted by atomic mass is 9.86. The number of alkyl halides is 3. The number of nitrogens with one attached hydrogen (secondary N) is 3. The third-order valence-corrected chi connectivity index (χ3v) is 6.00. The number of aliphatic carboxylic acids is 1. The van der Waals surface area contributed by atoms with E-state index in [0.717, 1.165) is 31.8 Å². The van der Waals surface area contributed by atoms with Crippen LogP contribution in [0, 0.1) is 5.92 Å². The monoisotopic (exact) mass is 512 g/mol. The van der Waals surface area contributed by atoms with Gasteiger partial charge >= 0.3 is 18.2 Å². The number of rotatable bonds is 6. The van der Waals surface area contributed by atoms with Gasteiger partial charge in [0.2, 0.25) is 0 Å². The fourth-order valence-electron chi connectivity index (χ4n) is 4.22. The van der Waals surface area contributed by atoms with Crippen LogP contribution in [-0.4, -0.2) is 69.0 Å². The minimum absolute atomic E-state index is 0.0302. The number of urea groups is 1. The first kappa shape index (κ1) is 27.2. The summed E-state index contributed by atoms with van der Waals surface area (Å²) in [6, 6.07) is 10.1. The van der Waals surface area contributed by atoms with E-state index in [1.54, 1.807) is 0 Å². The molecule has 1 aromatic carbocycles. The molecule has 1 aromatic heterocycles. The number of carbonyl (C=O) groups is 2. The van der Waals surface area contributed by atoms with Crippen molar-refractivity contribution < 1.29 is 32.6 Å². The van der Waals surface area contributed by atoms with Crippen LogP contribution in [0.5, 0.6) is 5.75 Å². The number of ether oxygens (including phenoxy) is 1. The maximum Gasteiger partial charge on any atom is 0.490 e. The van der Waals surface area contributed by atoms with Crippen molar-refractivity contribution in [3.05, 3.63) is 42.0 Å². The summed E-state index contributed by atoms with van der Waals surface area (Å²) in [6.45, 7) is 3.37. The van der Waals surface area contributed by atoms with Crippen molar-refractivity contribution in [2.45, 2.75) is 57.5 Å². The van der Waals surface area contributed by atoms with Crippen molar-refractivity contribution in [2.75, 3.05) is 19.6 Å². The molecule has 2 aromatic rings. The Morgan fingerprint density at radius 3 is 2.58 bits per heavy atom. The first-order valence-corrected chi connectivity index (χ1v) is 11.9. The molecule has 4 rings (SSSR count). The molecule has 0 aliphatic carbocycles. The Labute approximate surface area is 206 Å². The molecule has 2 fully saturated rings. The second-order valence-electron chi connectivity index (χ2n) is 8.67. The SMILES string of the molecule is O=C(NCc1n[nH]c(COc2ccccc2)n1)N1CCCC(C2CCCCN2)C1.O=C(O)C(F)(F)F. The zero-order valence-electron chi connectivity index (χ0n) is 19.8. The molecule has 2 aliphatic heterocycles. The van der Waals surface area contributed by atoms with Gasteiger partial charge in [0.05, 0.1) is 6.54 Å². The average Bonchev–Trinajstić information content (AvgIpc) is 3.35. The minimum atomic E-state index is -5.08. The van der Waals surface area contributed by atoms with Gasteiger partial charge in [-0.2, -0.15) is 18.3 Å². The average molecular weight is 513 g/mol. The van der Waals surface area contributed by atoms with Crippen molar-refractivity contribution >= 4 is 12.0 Å².